The van der Waals surface area contributed by atoms with Gasteiger partial charge < -0.3 is 10.1 Å². The zero-order valence-corrected chi connectivity index (χ0v) is 17.1. The van der Waals surface area contributed by atoms with Gasteiger partial charge in [0.2, 0.25) is 0 Å². The van der Waals surface area contributed by atoms with Crippen LogP contribution in [-0.4, -0.2) is 21.2 Å². The van der Waals surface area contributed by atoms with Crippen molar-refractivity contribution in [3.8, 4) is 5.69 Å². The second-order valence-corrected chi connectivity index (χ2v) is 7.90. The number of hydrogen-bond acceptors (Lipinski definition) is 4. The number of halogens is 1. The first-order valence-corrected chi connectivity index (χ1v) is 9.35. The Kier molecular flexibility index (Phi) is 5.42. The molecule has 152 valence electrons. The highest BCUT2D eigenvalue weighted by Crippen LogP contribution is 2.22. The van der Waals surface area contributed by atoms with Crippen molar-refractivity contribution in [1.29, 1.82) is 0 Å². The number of rotatable bonds is 3. The average molecular weight is 397 g/mol. The van der Waals surface area contributed by atoms with Crippen LogP contribution in [0.1, 0.15) is 45.1 Å². The molecule has 6 nitrogen and oxygen atoms in total. The number of ether oxygens (including phenoxy) is 1. The number of nitrogens with zero attached hydrogens (tertiary/aromatic N) is 2. The summed E-state index contributed by atoms with van der Waals surface area (Å²) in [5, 5.41) is 2.63. The normalized spacial score (nSPS) is 12.6. The molecule has 0 spiro atoms. The Hall–Kier alpha value is -3.22. The van der Waals surface area contributed by atoms with Crippen molar-refractivity contribution < 1.29 is 13.9 Å². The molecule has 0 aliphatic rings. The summed E-state index contributed by atoms with van der Waals surface area (Å²) in [6.45, 7) is 8.75. The minimum absolute atomic E-state index is 0.0814. The number of amides is 1. The number of alkyl carbamates (subject to hydrolysis) is 1. The lowest BCUT2D eigenvalue weighted by Gasteiger charge is -2.23. The number of fused-ring (bicyclic) bond motifs is 1. The molecule has 0 unspecified atom stereocenters. The predicted molar refractivity (Wildman–Crippen MR) is 110 cm³/mol. The third kappa shape index (κ3) is 4.29. The molecule has 1 aromatic heterocycles. The SMILES string of the molecule is Cc1ccc(F)c2c(=O)n(-c3ccccc3)c([C@H](C)NC(=O)OC(C)(C)C)nc12. The van der Waals surface area contributed by atoms with Crippen LogP contribution in [0.3, 0.4) is 0 Å². The van der Waals surface area contributed by atoms with E-state index in [2.05, 4.69) is 10.3 Å². The molecule has 0 aliphatic heterocycles. The Morgan fingerprint density at radius 3 is 2.45 bits per heavy atom. The largest absolute Gasteiger partial charge is 0.444 e. The number of carbonyl (C=O) groups excluding carboxylic acids is 1. The summed E-state index contributed by atoms with van der Waals surface area (Å²) in [4.78, 5) is 30.1. The van der Waals surface area contributed by atoms with Gasteiger partial charge in [0.05, 0.1) is 17.2 Å². The number of carbonyl (C=O) groups is 1. The summed E-state index contributed by atoms with van der Waals surface area (Å²) < 4.78 is 21.1. The van der Waals surface area contributed by atoms with Crippen molar-refractivity contribution in [1.82, 2.24) is 14.9 Å². The van der Waals surface area contributed by atoms with Gasteiger partial charge in [0, 0.05) is 0 Å². The lowest BCUT2D eigenvalue weighted by Crippen LogP contribution is -2.37. The molecule has 2 aromatic carbocycles. The molecule has 3 aromatic rings. The van der Waals surface area contributed by atoms with E-state index in [-0.39, 0.29) is 16.7 Å². The summed E-state index contributed by atoms with van der Waals surface area (Å²) >= 11 is 0. The van der Waals surface area contributed by atoms with E-state index in [0.717, 1.165) is 0 Å². The molecule has 1 amide bonds. The first-order valence-electron chi connectivity index (χ1n) is 9.35. The molecule has 1 atom stereocenters. The van der Waals surface area contributed by atoms with Gasteiger partial charge in [0.25, 0.3) is 5.56 Å². The maximum absolute atomic E-state index is 14.5. The van der Waals surface area contributed by atoms with Crippen LogP contribution >= 0.6 is 0 Å². The molecule has 0 saturated heterocycles. The number of nitrogens with one attached hydrogen (secondary N) is 1. The Balaban J connectivity index is 2.21. The maximum atomic E-state index is 14.5. The van der Waals surface area contributed by atoms with Crippen molar-refractivity contribution in [3.63, 3.8) is 0 Å². The van der Waals surface area contributed by atoms with E-state index < -0.39 is 29.1 Å². The van der Waals surface area contributed by atoms with E-state index in [0.29, 0.717) is 11.3 Å². The number of aromatic nitrogens is 2. The van der Waals surface area contributed by atoms with Crippen molar-refractivity contribution in [2.24, 2.45) is 0 Å². The Bertz CT molecular complexity index is 1120. The fourth-order valence-corrected chi connectivity index (χ4v) is 3.06. The van der Waals surface area contributed by atoms with E-state index in [4.69, 9.17) is 4.74 Å². The topological polar surface area (TPSA) is 73.2 Å². The molecule has 3 rings (SSSR count). The van der Waals surface area contributed by atoms with Gasteiger partial charge in [-0.05, 0) is 58.4 Å². The predicted octanol–water partition coefficient (Wildman–Crippen LogP) is 4.42. The van der Waals surface area contributed by atoms with Crippen LogP contribution in [0.15, 0.2) is 47.3 Å². The molecule has 29 heavy (non-hydrogen) atoms. The van der Waals surface area contributed by atoms with Gasteiger partial charge >= 0.3 is 6.09 Å². The summed E-state index contributed by atoms with van der Waals surface area (Å²) in [6.07, 6.45) is -0.630. The highest BCUT2D eigenvalue weighted by atomic mass is 19.1. The van der Waals surface area contributed by atoms with Gasteiger partial charge in [0.1, 0.15) is 22.6 Å². The standard InChI is InChI=1S/C22H24FN3O3/c1-13-11-12-16(23)17-18(13)25-19(14(2)24-21(28)29-22(3,4)5)26(20(17)27)15-9-7-6-8-10-15/h6-12,14H,1-5H3,(H,24,28)/t14-/m0/s1. The van der Waals surface area contributed by atoms with E-state index in [1.807, 2.05) is 6.07 Å². The molecular weight excluding hydrogens is 373 g/mol. The smallest absolute Gasteiger partial charge is 0.408 e. The van der Waals surface area contributed by atoms with Gasteiger partial charge in [-0.3, -0.25) is 9.36 Å². The number of para-hydroxylation sites is 1. The van der Waals surface area contributed by atoms with E-state index in [9.17, 15) is 14.0 Å². The minimum atomic E-state index is -0.667. The molecule has 1 N–H and O–H groups in total. The van der Waals surface area contributed by atoms with Gasteiger partial charge in [-0.25, -0.2) is 14.2 Å². The first kappa shape index (κ1) is 20.5. The highest BCUT2D eigenvalue weighted by molar-refractivity contribution is 5.82. The zero-order valence-electron chi connectivity index (χ0n) is 17.1. The Morgan fingerprint density at radius 2 is 1.83 bits per heavy atom. The molecule has 1 heterocycles. The molecule has 7 heteroatoms. The van der Waals surface area contributed by atoms with Crippen LogP contribution in [0.2, 0.25) is 0 Å². The van der Waals surface area contributed by atoms with Crippen LogP contribution in [-0.2, 0) is 4.74 Å². The molecule has 0 fully saturated rings. The van der Waals surface area contributed by atoms with Crippen molar-refractivity contribution in [2.45, 2.75) is 46.3 Å². The zero-order chi connectivity index (χ0) is 21.3. The number of hydrogen-bond donors (Lipinski definition) is 1. The lowest BCUT2D eigenvalue weighted by atomic mass is 10.1. The highest BCUT2D eigenvalue weighted by Gasteiger charge is 2.24. The Morgan fingerprint density at radius 1 is 1.17 bits per heavy atom. The third-order valence-electron chi connectivity index (χ3n) is 4.34. The van der Waals surface area contributed by atoms with Gasteiger partial charge in [-0.15, -0.1) is 0 Å². The molecule has 0 bridgehead atoms. The van der Waals surface area contributed by atoms with Crippen LogP contribution in [0, 0.1) is 12.7 Å². The summed E-state index contributed by atoms with van der Waals surface area (Å²) in [7, 11) is 0. The fourth-order valence-electron chi connectivity index (χ4n) is 3.06. The number of aryl methyl sites for hydroxylation is 1. The minimum Gasteiger partial charge on any atom is -0.444 e. The quantitative estimate of drug-likeness (QED) is 0.710. The molecule has 0 aliphatic carbocycles. The van der Waals surface area contributed by atoms with Gasteiger partial charge in [0.15, 0.2) is 0 Å². The average Bonchev–Trinajstić information content (AvgIpc) is 2.63. The molecule has 0 saturated carbocycles. The van der Waals surface area contributed by atoms with Crippen LogP contribution in [0.25, 0.3) is 16.6 Å². The summed E-state index contributed by atoms with van der Waals surface area (Å²) in [5.74, 6) is -0.347. The molecule has 0 radical (unpaired) electrons. The monoisotopic (exact) mass is 397 g/mol. The van der Waals surface area contributed by atoms with E-state index >= 15 is 0 Å². The van der Waals surface area contributed by atoms with Gasteiger partial charge in [-0.1, -0.05) is 24.3 Å². The van der Waals surface area contributed by atoms with Crippen molar-refractivity contribution in [3.05, 3.63) is 70.0 Å². The Labute approximate surface area is 168 Å². The number of benzene rings is 2. The van der Waals surface area contributed by atoms with E-state index in [1.165, 1.54) is 10.6 Å². The maximum Gasteiger partial charge on any atom is 0.408 e. The lowest BCUT2D eigenvalue weighted by molar-refractivity contribution is 0.0505. The van der Waals surface area contributed by atoms with Gasteiger partial charge in [-0.2, -0.15) is 0 Å². The van der Waals surface area contributed by atoms with Crippen LogP contribution < -0.4 is 10.9 Å². The second-order valence-electron chi connectivity index (χ2n) is 7.90. The summed E-state index contributed by atoms with van der Waals surface area (Å²) in [5.41, 5.74) is 0.273. The summed E-state index contributed by atoms with van der Waals surface area (Å²) in [6, 6.07) is 11.0. The van der Waals surface area contributed by atoms with Crippen LogP contribution in [0.4, 0.5) is 9.18 Å². The third-order valence-corrected chi connectivity index (χ3v) is 4.34. The van der Waals surface area contributed by atoms with Crippen LogP contribution in [0.5, 0.6) is 0 Å². The van der Waals surface area contributed by atoms with E-state index in [1.54, 1.807) is 65.0 Å². The fraction of sp³-hybridized carbons (Fsp3) is 0.318. The second kappa shape index (κ2) is 7.66. The van der Waals surface area contributed by atoms with Crippen molar-refractivity contribution >= 4 is 17.0 Å². The molecular formula is C22H24FN3O3. The first-order chi connectivity index (χ1) is 13.6. The van der Waals surface area contributed by atoms with Crippen molar-refractivity contribution in [2.75, 3.05) is 0 Å².